The zero-order valence-corrected chi connectivity index (χ0v) is 15.5. The van der Waals surface area contributed by atoms with E-state index < -0.39 is 0 Å². The van der Waals surface area contributed by atoms with E-state index in [0.29, 0.717) is 38.1 Å². The van der Waals surface area contributed by atoms with E-state index in [-0.39, 0.29) is 17.9 Å². The van der Waals surface area contributed by atoms with Crippen LogP contribution in [0.5, 0.6) is 5.75 Å². The molecule has 144 valence electrons. The molecule has 1 atom stereocenters. The van der Waals surface area contributed by atoms with Crippen LogP contribution >= 0.6 is 0 Å². The number of hydrogen-bond acceptors (Lipinski definition) is 5. The normalized spacial score (nSPS) is 15.3. The van der Waals surface area contributed by atoms with E-state index in [2.05, 4.69) is 15.7 Å². The summed E-state index contributed by atoms with van der Waals surface area (Å²) in [5.41, 5.74) is 2.32. The molecule has 0 radical (unpaired) electrons. The Kier molecular flexibility index (Phi) is 6.08. The highest BCUT2D eigenvalue weighted by atomic mass is 16.5. The van der Waals surface area contributed by atoms with Gasteiger partial charge in [0.1, 0.15) is 5.75 Å². The summed E-state index contributed by atoms with van der Waals surface area (Å²) in [5, 5.41) is 10.1. The first-order valence-corrected chi connectivity index (χ1v) is 8.85. The topological polar surface area (TPSA) is 94.5 Å². The molecule has 2 amide bonds. The van der Waals surface area contributed by atoms with Crippen LogP contribution in [0.25, 0.3) is 0 Å². The van der Waals surface area contributed by atoms with Gasteiger partial charge in [-0.25, -0.2) is 0 Å². The van der Waals surface area contributed by atoms with E-state index in [0.717, 1.165) is 17.0 Å². The van der Waals surface area contributed by atoms with Crippen LogP contribution < -0.4 is 15.4 Å². The van der Waals surface area contributed by atoms with Gasteiger partial charge in [0, 0.05) is 20.1 Å². The fraction of sp³-hybridized carbons (Fsp3) is 0.421. The van der Waals surface area contributed by atoms with Gasteiger partial charge in [-0.1, -0.05) is 12.1 Å². The van der Waals surface area contributed by atoms with Crippen molar-refractivity contribution in [1.82, 2.24) is 20.4 Å². The molecule has 2 heterocycles. The van der Waals surface area contributed by atoms with Gasteiger partial charge in [-0.3, -0.25) is 14.3 Å². The lowest BCUT2D eigenvalue weighted by Gasteiger charge is -2.12. The molecule has 1 aliphatic rings. The van der Waals surface area contributed by atoms with Crippen molar-refractivity contribution in [2.24, 2.45) is 0 Å². The molecule has 0 saturated carbocycles. The average Bonchev–Trinajstić information content (AvgIpc) is 3.22. The molecule has 0 aliphatic carbocycles. The molecular weight excluding hydrogens is 348 g/mol. The minimum absolute atomic E-state index is 0.0537. The van der Waals surface area contributed by atoms with Gasteiger partial charge in [-0.05, 0) is 17.7 Å². The molecule has 1 aromatic heterocycles. The number of carbonyl (C=O) groups excluding carboxylic acids is 2. The van der Waals surface area contributed by atoms with Crippen LogP contribution in [-0.4, -0.2) is 55.0 Å². The predicted molar refractivity (Wildman–Crippen MR) is 98.8 cm³/mol. The van der Waals surface area contributed by atoms with Crippen LogP contribution in [0.2, 0.25) is 0 Å². The Morgan fingerprint density at radius 1 is 1.26 bits per heavy atom. The predicted octanol–water partition coefficient (Wildman–Crippen LogP) is 0.552. The van der Waals surface area contributed by atoms with Crippen molar-refractivity contribution in [3.05, 3.63) is 47.3 Å². The Hall–Kier alpha value is -2.87. The lowest BCUT2D eigenvalue weighted by molar-refractivity contribution is -0.121. The number of amides is 2. The average molecular weight is 372 g/mol. The first-order chi connectivity index (χ1) is 13.1. The lowest BCUT2D eigenvalue weighted by Crippen LogP contribution is -2.37. The van der Waals surface area contributed by atoms with Gasteiger partial charge in [0.25, 0.3) is 5.91 Å². The summed E-state index contributed by atoms with van der Waals surface area (Å²) in [5.74, 6) is 0.539. The molecule has 2 aromatic rings. The quantitative estimate of drug-likeness (QED) is 0.660. The van der Waals surface area contributed by atoms with Crippen LogP contribution in [0.4, 0.5) is 0 Å². The molecule has 2 N–H and O–H groups in total. The fourth-order valence-corrected chi connectivity index (χ4v) is 3.15. The third-order valence-corrected chi connectivity index (χ3v) is 4.51. The smallest absolute Gasteiger partial charge is 0.254 e. The third kappa shape index (κ3) is 4.65. The Morgan fingerprint density at radius 2 is 2.04 bits per heavy atom. The van der Waals surface area contributed by atoms with E-state index in [1.54, 1.807) is 25.1 Å². The van der Waals surface area contributed by atoms with Gasteiger partial charge < -0.3 is 20.1 Å². The van der Waals surface area contributed by atoms with Crippen molar-refractivity contribution in [1.29, 1.82) is 0 Å². The highest BCUT2D eigenvalue weighted by Gasteiger charge is 2.28. The number of methoxy groups -OCH3 is 2. The number of nitrogens with one attached hydrogen (secondary N) is 2. The van der Waals surface area contributed by atoms with Crippen molar-refractivity contribution in [3.8, 4) is 5.75 Å². The fourth-order valence-electron chi connectivity index (χ4n) is 3.15. The second-order valence-corrected chi connectivity index (χ2v) is 6.43. The molecule has 0 fully saturated rings. The van der Waals surface area contributed by atoms with Crippen molar-refractivity contribution < 1.29 is 19.1 Å². The van der Waals surface area contributed by atoms with E-state index in [1.165, 1.54) is 0 Å². The number of fused-ring (bicyclic) bond motifs is 1. The maximum absolute atomic E-state index is 12.3. The minimum atomic E-state index is -0.168. The summed E-state index contributed by atoms with van der Waals surface area (Å²) in [6.45, 7) is 1.47. The number of hydrogen-bond donors (Lipinski definition) is 2. The Bertz CT molecular complexity index is 801. The summed E-state index contributed by atoms with van der Waals surface area (Å²) in [6.07, 6.45) is 2.46. The standard InChI is InChI=1S/C19H24N4O4/c1-26-8-7-20-19(25)16-11-21-23-12-14(10-17(16)23)22-18(24)9-13-3-5-15(27-2)6-4-13/h3-6,11,14H,7-10,12H2,1-2H3,(H,20,25)(H,22,24)/t14-/m0/s1. The minimum Gasteiger partial charge on any atom is -0.497 e. The van der Waals surface area contributed by atoms with Gasteiger partial charge in [0.05, 0.1) is 50.2 Å². The van der Waals surface area contributed by atoms with E-state index in [4.69, 9.17) is 9.47 Å². The number of carbonyl (C=O) groups is 2. The number of benzene rings is 1. The zero-order chi connectivity index (χ0) is 19.2. The van der Waals surface area contributed by atoms with Crippen molar-refractivity contribution >= 4 is 11.8 Å². The van der Waals surface area contributed by atoms with Gasteiger partial charge in [0.15, 0.2) is 0 Å². The van der Waals surface area contributed by atoms with Gasteiger partial charge in [-0.2, -0.15) is 5.10 Å². The second-order valence-electron chi connectivity index (χ2n) is 6.43. The number of aromatic nitrogens is 2. The van der Waals surface area contributed by atoms with Crippen LogP contribution in [-0.2, 0) is 28.9 Å². The molecule has 8 nitrogen and oxygen atoms in total. The molecule has 27 heavy (non-hydrogen) atoms. The first-order valence-electron chi connectivity index (χ1n) is 8.85. The monoisotopic (exact) mass is 372 g/mol. The third-order valence-electron chi connectivity index (χ3n) is 4.51. The van der Waals surface area contributed by atoms with Gasteiger partial charge in [0.2, 0.25) is 5.91 Å². The molecule has 8 heteroatoms. The summed E-state index contributed by atoms with van der Waals surface area (Å²) < 4.78 is 11.8. The van der Waals surface area contributed by atoms with Crippen LogP contribution in [0.3, 0.4) is 0 Å². The van der Waals surface area contributed by atoms with Crippen molar-refractivity contribution in [2.45, 2.75) is 25.4 Å². The molecule has 0 saturated heterocycles. The molecule has 0 spiro atoms. The van der Waals surface area contributed by atoms with Crippen molar-refractivity contribution in [3.63, 3.8) is 0 Å². The molecular formula is C19H24N4O4. The number of nitrogens with zero attached hydrogens (tertiary/aromatic N) is 2. The molecule has 1 aliphatic heterocycles. The maximum atomic E-state index is 12.3. The summed E-state index contributed by atoms with van der Waals surface area (Å²) >= 11 is 0. The molecule has 0 bridgehead atoms. The zero-order valence-electron chi connectivity index (χ0n) is 15.5. The second kappa shape index (κ2) is 8.68. The molecule has 1 aromatic carbocycles. The van der Waals surface area contributed by atoms with E-state index in [9.17, 15) is 9.59 Å². The lowest BCUT2D eigenvalue weighted by atomic mass is 10.1. The largest absolute Gasteiger partial charge is 0.497 e. The van der Waals surface area contributed by atoms with Crippen molar-refractivity contribution in [2.75, 3.05) is 27.4 Å². The summed E-state index contributed by atoms with van der Waals surface area (Å²) in [7, 11) is 3.19. The highest BCUT2D eigenvalue weighted by molar-refractivity contribution is 5.95. The highest BCUT2D eigenvalue weighted by Crippen LogP contribution is 2.19. The summed E-state index contributed by atoms with van der Waals surface area (Å²) in [4.78, 5) is 24.6. The Labute approximate surface area is 157 Å². The number of rotatable bonds is 8. The Balaban J connectivity index is 1.53. The molecule has 3 rings (SSSR count). The SMILES string of the molecule is COCCNC(=O)c1cnn2c1C[C@H](NC(=O)Cc1ccc(OC)cc1)C2. The van der Waals surface area contributed by atoms with Crippen LogP contribution in [0, 0.1) is 0 Å². The first kappa shape index (κ1) is 18.9. The van der Waals surface area contributed by atoms with Crippen LogP contribution in [0.15, 0.2) is 30.5 Å². The van der Waals surface area contributed by atoms with Gasteiger partial charge >= 0.3 is 0 Å². The molecule has 0 unspecified atom stereocenters. The van der Waals surface area contributed by atoms with Crippen LogP contribution in [0.1, 0.15) is 21.6 Å². The summed E-state index contributed by atoms with van der Waals surface area (Å²) in [6, 6.07) is 7.36. The van der Waals surface area contributed by atoms with E-state index >= 15 is 0 Å². The maximum Gasteiger partial charge on any atom is 0.254 e. The number of ether oxygens (including phenoxy) is 2. The van der Waals surface area contributed by atoms with E-state index in [1.807, 2.05) is 24.3 Å². The Morgan fingerprint density at radius 3 is 2.74 bits per heavy atom. The van der Waals surface area contributed by atoms with Gasteiger partial charge in [-0.15, -0.1) is 0 Å².